The van der Waals surface area contributed by atoms with Gasteiger partial charge in [0.1, 0.15) is 17.5 Å². The predicted octanol–water partition coefficient (Wildman–Crippen LogP) is 4.67. The van der Waals surface area contributed by atoms with E-state index in [1.807, 2.05) is 46.8 Å². The van der Waals surface area contributed by atoms with Gasteiger partial charge >= 0.3 is 6.09 Å². The average Bonchev–Trinajstić information content (AvgIpc) is 3.04. The number of aryl methyl sites for hydroxylation is 2. The van der Waals surface area contributed by atoms with Gasteiger partial charge in [0, 0.05) is 23.9 Å². The zero-order valence-electron chi connectivity index (χ0n) is 20.6. The lowest BCUT2D eigenvalue weighted by molar-refractivity contribution is -0.119. The molecule has 3 N–H and O–H groups in total. The SMILES string of the molecule is Cc1n[nH]c(C)c1Cc1ccnc(NC(=O)C(NC(=O)OC(C)(C)C)C2CCC(C)CC2)c1. The van der Waals surface area contributed by atoms with Crippen LogP contribution in [0.15, 0.2) is 18.3 Å². The molecule has 8 nitrogen and oxygen atoms in total. The van der Waals surface area contributed by atoms with Crippen molar-refractivity contribution >= 4 is 17.8 Å². The first-order valence-corrected chi connectivity index (χ1v) is 11.8. The Labute approximate surface area is 196 Å². The first-order valence-electron chi connectivity index (χ1n) is 11.8. The van der Waals surface area contributed by atoms with Crippen LogP contribution in [0.3, 0.4) is 0 Å². The molecular weight excluding hydrogens is 418 g/mol. The van der Waals surface area contributed by atoms with E-state index in [2.05, 4.69) is 32.7 Å². The minimum Gasteiger partial charge on any atom is -0.444 e. The summed E-state index contributed by atoms with van der Waals surface area (Å²) in [5.74, 6) is 0.907. The van der Waals surface area contributed by atoms with Gasteiger partial charge in [-0.05, 0) is 77.0 Å². The number of H-pyrrole nitrogens is 1. The van der Waals surface area contributed by atoms with Crippen LogP contribution in [0.4, 0.5) is 10.6 Å². The molecule has 1 fully saturated rings. The lowest BCUT2D eigenvalue weighted by Crippen LogP contribution is -2.50. The van der Waals surface area contributed by atoms with Gasteiger partial charge in [0.2, 0.25) is 5.91 Å². The van der Waals surface area contributed by atoms with Gasteiger partial charge in [0.25, 0.3) is 0 Å². The number of nitrogens with one attached hydrogen (secondary N) is 3. The minimum atomic E-state index is -0.670. The number of carbonyl (C=O) groups is 2. The lowest BCUT2D eigenvalue weighted by atomic mass is 9.79. The van der Waals surface area contributed by atoms with Gasteiger partial charge in [-0.1, -0.05) is 19.8 Å². The monoisotopic (exact) mass is 455 g/mol. The molecule has 0 aliphatic heterocycles. The highest BCUT2D eigenvalue weighted by Crippen LogP contribution is 2.31. The second-order valence-electron chi connectivity index (χ2n) is 10.3. The summed E-state index contributed by atoms with van der Waals surface area (Å²) < 4.78 is 5.43. The molecule has 180 valence electrons. The number of aromatic nitrogens is 3. The van der Waals surface area contributed by atoms with E-state index < -0.39 is 17.7 Å². The van der Waals surface area contributed by atoms with Crippen molar-refractivity contribution in [1.82, 2.24) is 20.5 Å². The van der Waals surface area contributed by atoms with Crippen LogP contribution in [-0.2, 0) is 16.0 Å². The van der Waals surface area contributed by atoms with Gasteiger partial charge in [0.15, 0.2) is 0 Å². The zero-order chi connectivity index (χ0) is 24.2. The molecule has 2 aromatic rings. The summed E-state index contributed by atoms with van der Waals surface area (Å²) >= 11 is 0. The summed E-state index contributed by atoms with van der Waals surface area (Å²) in [5.41, 5.74) is 3.52. The Morgan fingerprint density at radius 2 is 1.91 bits per heavy atom. The van der Waals surface area contributed by atoms with Crippen LogP contribution >= 0.6 is 0 Å². The second-order valence-corrected chi connectivity index (χ2v) is 10.3. The predicted molar refractivity (Wildman–Crippen MR) is 128 cm³/mol. The maximum atomic E-state index is 13.3. The summed E-state index contributed by atoms with van der Waals surface area (Å²) in [7, 11) is 0. The Morgan fingerprint density at radius 3 is 2.52 bits per heavy atom. The van der Waals surface area contributed by atoms with Crippen molar-refractivity contribution in [3.05, 3.63) is 40.8 Å². The third-order valence-corrected chi connectivity index (χ3v) is 6.22. The van der Waals surface area contributed by atoms with Crippen LogP contribution in [0.5, 0.6) is 0 Å². The molecule has 1 saturated carbocycles. The summed E-state index contributed by atoms with van der Waals surface area (Å²) in [6, 6.07) is 3.13. The number of pyridine rings is 1. The molecular formula is C25H37N5O3. The summed E-state index contributed by atoms with van der Waals surface area (Å²) in [4.78, 5) is 30.1. The van der Waals surface area contributed by atoms with E-state index in [1.165, 1.54) is 0 Å². The van der Waals surface area contributed by atoms with Crippen molar-refractivity contribution in [3.8, 4) is 0 Å². The van der Waals surface area contributed by atoms with E-state index in [0.717, 1.165) is 48.2 Å². The number of rotatable bonds is 6. The highest BCUT2D eigenvalue weighted by atomic mass is 16.6. The molecule has 33 heavy (non-hydrogen) atoms. The molecule has 0 radical (unpaired) electrons. The van der Waals surface area contributed by atoms with Crippen LogP contribution in [0.2, 0.25) is 0 Å². The molecule has 0 spiro atoms. The molecule has 2 heterocycles. The average molecular weight is 456 g/mol. The number of hydrogen-bond acceptors (Lipinski definition) is 5. The van der Waals surface area contributed by atoms with Crippen molar-refractivity contribution in [2.75, 3.05) is 5.32 Å². The number of hydrogen-bond donors (Lipinski definition) is 3. The second kappa shape index (κ2) is 10.4. The number of ether oxygens (including phenoxy) is 1. The van der Waals surface area contributed by atoms with Gasteiger partial charge in [-0.2, -0.15) is 5.10 Å². The molecule has 1 aliphatic rings. The van der Waals surface area contributed by atoms with E-state index in [1.54, 1.807) is 6.20 Å². The van der Waals surface area contributed by atoms with Crippen LogP contribution < -0.4 is 10.6 Å². The number of aromatic amines is 1. The quantitative estimate of drug-likeness (QED) is 0.586. The smallest absolute Gasteiger partial charge is 0.408 e. The number of alkyl carbamates (subject to hydrolysis) is 1. The number of carbonyl (C=O) groups excluding carboxylic acids is 2. The largest absolute Gasteiger partial charge is 0.444 e. The van der Waals surface area contributed by atoms with E-state index in [4.69, 9.17) is 4.74 Å². The van der Waals surface area contributed by atoms with Crippen molar-refractivity contribution < 1.29 is 14.3 Å². The zero-order valence-corrected chi connectivity index (χ0v) is 20.6. The topological polar surface area (TPSA) is 109 Å². The number of amides is 2. The maximum absolute atomic E-state index is 13.3. The highest BCUT2D eigenvalue weighted by molar-refractivity contribution is 5.96. The molecule has 1 unspecified atom stereocenters. The van der Waals surface area contributed by atoms with Crippen LogP contribution in [0, 0.1) is 25.7 Å². The van der Waals surface area contributed by atoms with E-state index in [9.17, 15) is 9.59 Å². The van der Waals surface area contributed by atoms with Crippen molar-refractivity contribution in [1.29, 1.82) is 0 Å². The minimum absolute atomic E-state index is 0.0631. The van der Waals surface area contributed by atoms with Crippen LogP contribution in [-0.4, -0.2) is 38.8 Å². The van der Waals surface area contributed by atoms with E-state index >= 15 is 0 Å². The molecule has 2 aromatic heterocycles. The summed E-state index contributed by atoms with van der Waals surface area (Å²) in [5, 5.41) is 13.0. The van der Waals surface area contributed by atoms with Crippen molar-refractivity contribution in [3.63, 3.8) is 0 Å². The number of anilines is 1. The molecule has 1 aliphatic carbocycles. The van der Waals surface area contributed by atoms with Crippen LogP contribution in [0.25, 0.3) is 0 Å². The maximum Gasteiger partial charge on any atom is 0.408 e. The van der Waals surface area contributed by atoms with Crippen molar-refractivity contribution in [2.45, 2.75) is 85.3 Å². The molecule has 0 bridgehead atoms. The first-order chi connectivity index (χ1) is 15.5. The van der Waals surface area contributed by atoms with Gasteiger partial charge in [-0.3, -0.25) is 9.89 Å². The Morgan fingerprint density at radius 1 is 1.21 bits per heavy atom. The first kappa shape index (κ1) is 24.7. The third-order valence-electron chi connectivity index (χ3n) is 6.22. The van der Waals surface area contributed by atoms with Gasteiger partial charge in [-0.25, -0.2) is 9.78 Å². The Bertz CT molecular complexity index is 951. The van der Waals surface area contributed by atoms with Gasteiger partial charge < -0.3 is 15.4 Å². The molecule has 8 heteroatoms. The molecule has 2 amide bonds. The van der Waals surface area contributed by atoms with E-state index in [0.29, 0.717) is 18.2 Å². The van der Waals surface area contributed by atoms with E-state index in [-0.39, 0.29) is 11.8 Å². The molecule has 0 aromatic carbocycles. The fraction of sp³-hybridized carbons (Fsp3) is 0.600. The fourth-order valence-corrected chi connectivity index (χ4v) is 4.35. The number of nitrogens with zero attached hydrogens (tertiary/aromatic N) is 2. The fourth-order valence-electron chi connectivity index (χ4n) is 4.35. The molecule has 0 saturated heterocycles. The Kier molecular flexibility index (Phi) is 7.76. The normalized spacial score (nSPS) is 19.6. The molecule has 3 rings (SSSR count). The van der Waals surface area contributed by atoms with Gasteiger partial charge in [-0.15, -0.1) is 0 Å². The highest BCUT2D eigenvalue weighted by Gasteiger charge is 2.34. The van der Waals surface area contributed by atoms with Crippen molar-refractivity contribution in [2.24, 2.45) is 11.8 Å². The summed E-state index contributed by atoms with van der Waals surface area (Å²) in [6.07, 6.45) is 5.68. The lowest BCUT2D eigenvalue weighted by Gasteiger charge is -2.32. The standard InChI is InChI=1S/C25H37N5O3/c1-15-7-9-19(10-8-15)22(28-24(32)33-25(4,5)6)23(31)27-21-14-18(11-12-26-21)13-20-16(2)29-30-17(20)3/h11-12,14-15,19,22H,7-10,13H2,1-6H3,(H,28,32)(H,29,30)(H,26,27,31). The van der Waals surface area contributed by atoms with Gasteiger partial charge in [0.05, 0.1) is 5.69 Å². The Hall–Kier alpha value is -2.90. The summed E-state index contributed by atoms with van der Waals surface area (Å²) in [6.45, 7) is 11.6. The molecule has 1 atom stereocenters. The van der Waals surface area contributed by atoms with Crippen LogP contribution in [0.1, 0.15) is 75.9 Å². The third kappa shape index (κ3) is 7.04. The Balaban J connectivity index is 1.73.